The van der Waals surface area contributed by atoms with Crippen molar-refractivity contribution in [2.75, 3.05) is 7.11 Å². The first-order chi connectivity index (χ1) is 11.0. The zero-order valence-corrected chi connectivity index (χ0v) is 14.6. The first-order valence-electron chi connectivity index (χ1n) is 7.37. The quantitative estimate of drug-likeness (QED) is 0.810. The lowest BCUT2D eigenvalue weighted by Gasteiger charge is -2.16. The second kappa shape index (κ2) is 8.23. The number of carbonyl (C=O) groups is 1. The standard InChI is InChI=1S/C18H19Cl2NO2/c1-12(16-9-6-14(19)11-17(16)20)21-18(22)10-5-13-3-7-15(23-2)8-4-13/h3-4,6-9,11-12H,5,10H2,1-2H3,(H,21,22). The molecule has 23 heavy (non-hydrogen) atoms. The number of ether oxygens (including phenoxy) is 1. The second-order valence-electron chi connectivity index (χ2n) is 5.30. The van der Waals surface area contributed by atoms with Crippen molar-refractivity contribution in [2.24, 2.45) is 0 Å². The number of nitrogens with one attached hydrogen (secondary N) is 1. The van der Waals surface area contributed by atoms with Gasteiger partial charge in [-0.2, -0.15) is 0 Å². The molecule has 0 aliphatic rings. The van der Waals surface area contributed by atoms with E-state index in [0.717, 1.165) is 16.9 Å². The Morgan fingerprint density at radius 3 is 2.48 bits per heavy atom. The van der Waals surface area contributed by atoms with Crippen LogP contribution in [-0.4, -0.2) is 13.0 Å². The largest absolute Gasteiger partial charge is 0.497 e. The van der Waals surface area contributed by atoms with Gasteiger partial charge in [-0.1, -0.05) is 41.4 Å². The van der Waals surface area contributed by atoms with Gasteiger partial charge in [-0.3, -0.25) is 4.79 Å². The summed E-state index contributed by atoms with van der Waals surface area (Å²) in [6, 6.07) is 12.8. The highest BCUT2D eigenvalue weighted by atomic mass is 35.5. The van der Waals surface area contributed by atoms with Crippen LogP contribution in [0.2, 0.25) is 10.0 Å². The van der Waals surface area contributed by atoms with Crippen LogP contribution >= 0.6 is 23.2 Å². The van der Waals surface area contributed by atoms with Gasteiger partial charge >= 0.3 is 0 Å². The minimum Gasteiger partial charge on any atom is -0.497 e. The first-order valence-corrected chi connectivity index (χ1v) is 8.12. The summed E-state index contributed by atoms with van der Waals surface area (Å²) in [6.07, 6.45) is 1.10. The fraction of sp³-hybridized carbons (Fsp3) is 0.278. The van der Waals surface area contributed by atoms with E-state index in [4.69, 9.17) is 27.9 Å². The van der Waals surface area contributed by atoms with Gasteiger partial charge in [-0.25, -0.2) is 0 Å². The molecule has 0 aromatic heterocycles. The Bertz CT molecular complexity index is 671. The summed E-state index contributed by atoms with van der Waals surface area (Å²) in [5.74, 6) is 0.795. The summed E-state index contributed by atoms with van der Waals surface area (Å²) in [4.78, 5) is 12.1. The predicted molar refractivity (Wildman–Crippen MR) is 94.3 cm³/mol. The molecule has 2 aromatic carbocycles. The van der Waals surface area contributed by atoms with Crippen molar-refractivity contribution in [3.63, 3.8) is 0 Å². The Kier molecular flexibility index (Phi) is 6.31. The average Bonchev–Trinajstić information content (AvgIpc) is 2.53. The predicted octanol–water partition coefficient (Wildman–Crippen LogP) is 4.81. The molecule has 0 fully saturated rings. The van der Waals surface area contributed by atoms with Crippen LogP contribution in [0.3, 0.4) is 0 Å². The number of halogens is 2. The zero-order valence-electron chi connectivity index (χ0n) is 13.1. The number of methoxy groups -OCH3 is 1. The molecule has 0 aliphatic carbocycles. The van der Waals surface area contributed by atoms with E-state index < -0.39 is 0 Å². The molecular formula is C18H19Cl2NO2. The van der Waals surface area contributed by atoms with E-state index in [-0.39, 0.29) is 11.9 Å². The molecule has 5 heteroatoms. The van der Waals surface area contributed by atoms with Crippen LogP contribution in [-0.2, 0) is 11.2 Å². The highest BCUT2D eigenvalue weighted by Crippen LogP contribution is 2.26. The highest BCUT2D eigenvalue weighted by molar-refractivity contribution is 6.35. The maximum absolute atomic E-state index is 12.1. The molecule has 0 saturated carbocycles. The SMILES string of the molecule is COc1ccc(CCC(=O)NC(C)c2ccc(Cl)cc2Cl)cc1. The van der Waals surface area contributed by atoms with E-state index >= 15 is 0 Å². The van der Waals surface area contributed by atoms with Gasteiger partial charge < -0.3 is 10.1 Å². The third-order valence-corrected chi connectivity index (χ3v) is 4.17. The molecular weight excluding hydrogens is 333 g/mol. The van der Waals surface area contributed by atoms with Gasteiger partial charge in [-0.05, 0) is 48.7 Å². The molecule has 0 radical (unpaired) electrons. The average molecular weight is 352 g/mol. The lowest BCUT2D eigenvalue weighted by molar-refractivity contribution is -0.121. The number of aryl methyl sites for hydroxylation is 1. The summed E-state index contributed by atoms with van der Waals surface area (Å²) in [6.45, 7) is 1.90. The maximum Gasteiger partial charge on any atom is 0.220 e. The molecule has 0 heterocycles. The van der Waals surface area contributed by atoms with Gasteiger partial charge in [0.15, 0.2) is 0 Å². The van der Waals surface area contributed by atoms with Crippen molar-refractivity contribution in [2.45, 2.75) is 25.8 Å². The van der Waals surface area contributed by atoms with Crippen LogP contribution in [0.5, 0.6) is 5.75 Å². The highest BCUT2D eigenvalue weighted by Gasteiger charge is 2.13. The van der Waals surface area contributed by atoms with Gasteiger partial charge in [0.25, 0.3) is 0 Å². The molecule has 1 unspecified atom stereocenters. The normalized spacial score (nSPS) is 11.8. The third-order valence-electron chi connectivity index (χ3n) is 3.61. The lowest BCUT2D eigenvalue weighted by Crippen LogP contribution is -2.27. The van der Waals surface area contributed by atoms with Gasteiger partial charge in [0.05, 0.1) is 13.2 Å². The Labute approximate surface area is 146 Å². The van der Waals surface area contributed by atoms with E-state index in [2.05, 4.69) is 5.32 Å². The minimum absolute atomic E-state index is 0.0145. The van der Waals surface area contributed by atoms with E-state index in [9.17, 15) is 4.79 Å². The van der Waals surface area contributed by atoms with E-state index in [1.165, 1.54) is 0 Å². The van der Waals surface area contributed by atoms with Crippen LogP contribution < -0.4 is 10.1 Å². The summed E-state index contributed by atoms with van der Waals surface area (Å²) in [7, 11) is 1.63. The Hall–Kier alpha value is -1.71. The third kappa shape index (κ3) is 5.15. The van der Waals surface area contributed by atoms with Crippen molar-refractivity contribution in [1.29, 1.82) is 0 Å². The number of hydrogen-bond acceptors (Lipinski definition) is 2. The van der Waals surface area contributed by atoms with E-state index in [1.807, 2.05) is 37.3 Å². The molecule has 0 bridgehead atoms. The topological polar surface area (TPSA) is 38.3 Å². The van der Waals surface area contributed by atoms with Gasteiger partial charge in [0.1, 0.15) is 5.75 Å². The molecule has 0 aliphatic heterocycles. The zero-order chi connectivity index (χ0) is 16.8. The first kappa shape index (κ1) is 17.6. The summed E-state index contributed by atoms with van der Waals surface area (Å²) < 4.78 is 5.11. The Morgan fingerprint density at radius 1 is 1.17 bits per heavy atom. The maximum atomic E-state index is 12.1. The smallest absolute Gasteiger partial charge is 0.220 e. The fourth-order valence-corrected chi connectivity index (χ4v) is 2.87. The number of benzene rings is 2. The van der Waals surface area contributed by atoms with Gasteiger partial charge in [0, 0.05) is 16.5 Å². The van der Waals surface area contributed by atoms with Gasteiger partial charge in [-0.15, -0.1) is 0 Å². The molecule has 1 N–H and O–H groups in total. The monoisotopic (exact) mass is 351 g/mol. The summed E-state index contributed by atoms with van der Waals surface area (Å²) in [5, 5.41) is 4.09. The molecule has 2 aromatic rings. The van der Waals surface area contributed by atoms with Crippen LogP contribution in [0.1, 0.15) is 30.5 Å². The summed E-state index contributed by atoms with van der Waals surface area (Å²) in [5.41, 5.74) is 1.95. The van der Waals surface area contributed by atoms with Crippen LogP contribution in [0, 0.1) is 0 Å². The second-order valence-corrected chi connectivity index (χ2v) is 6.15. The van der Waals surface area contributed by atoms with Crippen LogP contribution in [0.4, 0.5) is 0 Å². The molecule has 0 spiro atoms. The van der Waals surface area contributed by atoms with Crippen LogP contribution in [0.25, 0.3) is 0 Å². The molecule has 2 rings (SSSR count). The van der Waals surface area contributed by atoms with Gasteiger partial charge in [0.2, 0.25) is 5.91 Å². The lowest BCUT2D eigenvalue weighted by atomic mass is 10.1. The van der Waals surface area contributed by atoms with Crippen molar-refractivity contribution in [1.82, 2.24) is 5.32 Å². The Morgan fingerprint density at radius 2 is 1.87 bits per heavy atom. The van der Waals surface area contributed by atoms with Crippen molar-refractivity contribution in [3.05, 3.63) is 63.6 Å². The molecule has 0 saturated heterocycles. The minimum atomic E-state index is -0.164. The van der Waals surface area contributed by atoms with Crippen molar-refractivity contribution >= 4 is 29.1 Å². The Balaban J connectivity index is 1.88. The number of rotatable bonds is 6. The molecule has 3 nitrogen and oxygen atoms in total. The van der Waals surface area contributed by atoms with E-state index in [1.54, 1.807) is 19.2 Å². The van der Waals surface area contributed by atoms with Crippen molar-refractivity contribution < 1.29 is 9.53 Å². The van der Waals surface area contributed by atoms with Crippen LogP contribution in [0.15, 0.2) is 42.5 Å². The molecule has 1 amide bonds. The fourth-order valence-electron chi connectivity index (χ4n) is 2.29. The molecule has 1 atom stereocenters. The number of hydrogen-bond donors (Lipinski definition) is 1. The van der Waals surface area contributed by atoms with E-state index in [0.29, 0.717) is 22.9 Å². The molecule has 122 valence electrons. The summed E-state index contributed by atoms with van der Waals surface area (Å²) >= 11 is 12.0. The number of amides is 1. The number of carbonyl (C=O) groups excluding carboxylic acids is 1. The van der Waals surface area contributed by atoms with Crippen molar-refractivity contribution in [3.8, 4) is 5.75 Å².